The molecule has 0 spiro atoms. The number of hydrogen-bond acceptors (Lipinski definition) is 7. The highest BCUT2D eigenvalue weighted by Gasteiger charge is 2.19. The van der Waals surface area contributed by atoms with E-state index >= 15 is 0 Å². The molecule has 0 aliphatic carbocycles. The average molecular weight is 518 g/mol. The molecule has 6 aromatic rings. The molecule has 192 valence electrons. The van der Waals surface area contributed by atoms with E-state index in [2.05, 4.69) is 25.5 Å². The Hall–Kier alpha value is -5.25. The minimum atomic E-state index is -0.133. The summed E-state index contributed by atoms with van der Waals surface area (Å²) in [6.07, 6.45) is 3.34. The number of fused-ring (bicyclic) bond motifs is 3. The zero-order valence-electron chi connectivity index (χ0n) is 21.1. The van der Waals surface area contributed by atoms with Gasteiger partial charge in [-0.25, -0.2) is 9.97 Å². The molecule has 1 amide bonds. The number of rotatable bonds is 5. The second-order valence-corrected chi connectivity index (χ2v) is 9.63. The van der Waals surface area contributed by atoms with Crippen LogP contribution in [0.2, 0.25) is 0 Å². The summed E-state index contributed by atoms with van der Waals surface area (Å²) in [5, 5.41) is 10.5. The van der Waals surface area contributed by atoms with E-state index in [9.17, 15) is 4.79 Å². The fourth-order valence-electron chi connectivity index (χ4n) is 4.60. The van der Waals surface area contributed by atoms with Gasteiger partial charge >= 0.3 is 0 Å². The summed E-state index contributed by atoms with van der Waals surface area (Å²) in [7, 11) is 0. The minimum Gasteiger partial charge on any atom is -0.454 e. The number of benzene rings is 2. The maximum atomic E-state index is 12.2. The second-order valence-electron chi connectivity index (χ2n) is 9.63. The number of imidazole rings is 1. The number of nitrogens with zero attached hydrogens (tertiary/aromatic N) is 4. The first-order valence-electron chi connectivity index (χ1n) is 12.5. The molecule has 5 heterocycles. The first-order valence-corrected chi connectivity index (χ1v) is 12.5. The van der Waals surface area contributed by atoms with E-state index in [1.54, 1.807) is 12.4 Å². The number of pyridine rings is 2. The molecule has 1 aliphatic heterocycles. The van der Waals surface area contributed by atoms with Crippen LogP contribution in [0.25, 0.3) is 56.0 Å². The maximum Gasteiger partial charge on any atom is 0.231 e. The molecule has 0 saturated carbocycles. The van der Waals surface area contributed by atoms with Crippen LogP contribution in [-0.4, -0.2) is 42.8 Å². The van der Waals surface area contributed by atoms with Gasteiger partial charge in [0.1, 0.15) is 5.52 Å². The Kier molecular flexibility index (Phi) is 5.25. The molecule has 0 saturated heterocycles. The summed E-state index contributed by atoms with van der Waals surface area (Å²) in [6, 6.07) is 17.6. The van der Waals surface area contributed by atoms with E-state index in [1.807, 2.05) is 68.4 Å². The number of hydrogen-bond donors (Lipinski definition) is 3. The first kappa shape index (κ1) is 22.9. The molecule has 3 N–H and O–H groups in total. The van der Waals surface area contributed by atoms with Crippen LogP contribution in [0, 0.1) is 5.92 Å². The molecule has 7 rings (SSSR count). The predicted octanol–water partition coefficient (Wildman–Crippen LogP) is 5.55. The molecule has 0 fully saturated rings. The number of amides is 1. The summed E-state index contributed by atoms with van der Waals surface area (Å²) in [4.78, 5) is 29.7. The molecule has 2 aromatic carbocycles. The number of aromatic amines is 2. The van der Waals surface area contributed by atoms with Crippen LogP contribution in [0.1, 0.15) is 13.8 Å². The van der Waals surface area contributed by atoms with Crippen LogP contribution < -0.4 is 14.8 Å². The summed E-state index contributed by atoms with van der Waals surface area (Å²) in [5.41, 5.74) is 7.80. The number of aromatic nitrogens is 6. The Bertz CT molecular complexity index is 1890. The summed E-state index contributed by atoms with van der Waals surface area (Å²) < 4.78 is 11.0. The normalized spacial score (nSPS) is 12.5. The van der Waals surface area contributed by atoms with Crippen molar-refractivity contribution < 1.29 is 14.3 Å². The van der Waals surface area contributed by atoms with Crippen LogP contribution >= 0.6 is 0 Å². The van der Waals surface area contributed by atoms with Gasteiger partial charge in [-0.3, -0.25) is 14.9 Å². The second kappa shape index (κ2) is 8.95. The van der Waals surface area contributed by atoms with Gasteiger partial charge in [-0.05, 0) is 42.0 Å². The molecular weight excluding hydrogens is 494 g/mol. The summed E-state index contributed by atoms with van der Waals surface area (Å²) in [5.74, 6) is 1.86. The van der Waals surface area contributed by atoms with Crippen molar-refractivity contribution in [3.8, 4) is 45.4 Å². The molecular formula is C29H23N7O3. The van der Waals surface area contributed by atoms with Crippen molar-refractivity contribution in [2.24, 2.45) is 5.92 Å². The third kappa shape index (κ3) is 4.02. The highest BCUT2D eigenvalue weighted by Crippen LogP contribution is 2.38. The first-order chi connectivity index (χ1) is 19.0. The molecule has 1 aliphatic rings. The molecule has 0 radical (unpaired) electrons. The van der Waals surface area contributed by atoms with Crippen molar-refractivity contribution in [1.82, 2.24) is 30.1 Å². The lowest BCUT2D eigenvalue weighted by Crippen LogP contribution is -2.17. The lowest BCUT2D eigenvalue weighted by molar-refractivity contribution is -0.118. The highest BCUT2D eigenvalue weighted by molar-refractivity contribution is 5.97. The summed E-state index contributed by atoms with van der Waals surface area (Å²) in [6.45, 7) is 3.92. The van der Waals surface area contributed by atoms with E-state index in [0.717, 1.165) is 44.7 Å². The van der Waals surface area contributed by atoms with Gasteiger partial charge in [0, 0.05) is 23.2 Å². The van der Waals surface area contributed by atoms with Crippen molar-refractivity contribution in [3.63, 3.8) is 0 Å². The highest BCUT2D eigenvalue weighted by atomic mass is 16.7. The van der Waals surface area contributed by atoms with Gasteiger partial charge in [0.2, 0.25) is 12.7 Å². The van der Waals surface area contributed by atoms with Crippen molar-refractivity contribution in [2.75, 3.05) is 12.1 Å². The van der Waals surface area contributed by atoms with Gasteiger partial charge in [0.25, 0.3) is 0 Å². The van der Waals surface area contributed by atoms with Gasteiger partial charge in [-0.1, -0.05) is 32.0 Å². The molecule has 0 atom stereocenters. The van der Waals surface area contributed by atoms with Crippen LogP contribution in [0.5, 0.6) is 11.5 Å². The maximum absolute atomic E-state index is 12.2. The van der Waals surface area contributed by atoms with E-state index in [1.165, 1.54) is 0 Å². The number of carbonyl (C=O) groups is 1. The van der Waals surface area contributed by atoms with Crippen LogP contribution in [0.3, 0.4) is 0 Å². The molecule has 0 unspecified atom stereocenters. The number of para-hydroxylation sites is 1. The van der Waals surface area contributed by atoms with Crippen molar-refractivity contribution in [2.45, 2.75) is 13.8 Å². The Labute approximate surface area is 222 Å². The monoisotopic (exact) mass is 517 g/mol. The quantitative estimate of drug-likeness (QED) is 0.273. The average Bonchev–Trinajstić information content (AvgIpc) is 3.69. The molecule has 10 heteroatoms. The standard InChI is InChI=1S/C29H23N7O3/c1-15(2)29(37)31-18-10-17(12-30-13-18)20-7-8-22-26(32-20)27(36-35-22)28-33-21-5-3-4-19(25(21)34-28)16-6-9-23-24(11-16)39-14-38-23/h3-13,15H,14H2,1-2H3,(H,31,37)(H,33,34)(H,35,36). The SMILES string of the molecule is CC(C)C(=O)Nc1cncc(-c2ccc3[nH]nc(-c4nc5c(-c6ccc7c(c6)OCO7)cccc5[nH]4)c3n2)c1. The van der Waals surface area contributed by atoms with Gasteiger partial charge in [0.15, 0.2) is 23.0 Å². The third-order valence-corrected chi connectivity index (χ3v) is 6.65. The van der Waals surface area contributed by atoms with Crippen molar-refractivity contribution >= 4 is 33.7 Å². The minimum absolute atomic E-state index is 0.0699. The number of anilines is 1. The fraction of sp³-hybridized carbons (Fsp3) is 0.138. The zero-order chi connectivity index (χ0) is 26.5. The van der Waals surface area contributed by atoms with Gasteiger partial charge < -0.3 is 19.8 Å². The Morgan fingerprint density at radius 1 is 0.923 bits per heavy atom. The predicted molar refractivity (Wildman–Crippen MR) is 147 cm³/mol. The largest absolute Gasteiger partial charge is 0.454 e. The van der Waals surface area contributed by atoms with Crippen LogP contribution in [-0.2, 0) is 4.79 Å². The number of ether oxygens (including phenoxy) is 2. The van der Waals surface area contributed by atoms with E-state index in [-0.39, 0.29) is 18.6 Å². The Morgan fingerprint density at radius 2 is 1.82 bits per heavy atom. The molecule has 10 nitrogen and oxygen atoms in total. The molecule has 39 heavy (non-hydrogen) atoms. The molecule has 0 bridgehead atoms. The lowest BCUT2D eigenvalue weighted by Gasteiger charge is -2.08. The topological polar surface area (TPSA) is 131 Å². The van der Waals surface area contributed by atoms with E-state index < -0.39 is 0 Å². The fourth-order valence-corrected chi connectivity index (χ4v) is 4.60. The number of nitrogens with one attached hydrogen (secondary N) is 3. The van der Waals surface area contributed by atoms with Crippen molar-refractivity contribution in [1.29, 1.82) is 0 Å². The number of H-pyrrole nitrogens is 2. The molecule has 4 aromatic heterocycles. The van der Waals surface area contributed by atoms with Gasteiger partial charge in [-0.2, -0.15) is 5.10 Å². The Balaban J connectivity index is 1.28. The Morgan fingerprint density at radius 3 is 2.72 bits per heavy atom. The van der Waals surface area contributed by atoms with Gasteiger partial charge in [0.05, 0.1) is 34.1 Å². The van der Waals surface area contributed by atoms with Gasteiger partial charge in [-0.15, -0.1) is 0 Å². The lowest BCUT2D eigenvalue weighted by atomic mass is 10.0. The third-order valence-electron chi connectivity index (χ3n) is 6.65. The van der Waals surface area contributed by atoms with Crippen molar-refractivity contribution in [3.05, 3.63) is 67.0 Å². The summed E-state index contributed by atoms with van der Waals surface area (Å²) >= 11 is 0. The van der Waals surface area contributed by atoms with E-state index in [0.29, 0.717) is 28.4 Å². The van der Waals surface area contributed by atoms with E-state index in [4.69, 9.17) is 19.4 Å². The van der Waals surface area contributed by atoms with Crippen LogP contribution in [0.15, 0.2) is 67.0 Å². The van der Waals surface area contributed by atoms with Crippen LogP contribution in [0.4, 0.5) is 5.69 Å². The smallest absolute Gasteiger partial charge is 0.231 e. The zero-order valence-corrected chi connectivity index (χ0v) is 21.1. The number of carbonyl (C=O) groups excluding carboxylic acids is 1.